The summed E-state index contributed by atoms with van der Waals surface area (Å²) in [6.45, 7) is 5.87. The van der Waals surface area contributed by atoms with Crippen LogP contribution in [-0.4, -0.2) is 29.1 Å². The van der Waals surface area contributed by atoms with E-state index in [1.54, 1.807) is 54.6 Å². The number of aliphatic hydroxyl groups is 1. The number of carbonyl (C=O) groups excluding carboxylic acids is 2. The Hall–Kier alpha value is -3.39. The minimum atomic E-state index is -0.956. The molecule has 0 aliphatic carbocycles. The molecule has 3 aromatic rings. The number of hydrogen-bond donors (Lipinski definition) is 1. The maximum absolute atomic E-state index is 13.2. The SMILES string of the molecule is COc1ccccc1C1/C(=C(\O)c2ccc(Br)cc2)C(=O)C(=O)N1c1cc(C(C)(C)C)on1. The third-order valence-electron chi connectivity index (χ3n) is 5.48. The number of benzene rings is 2. The second kappa shape index (κ2) is 8.51. The van der Waals surface area contributed by atoms with Gasteiger partial charge in [0.25, 0.3) is 5.78 Å². The smallest absolute Gasteiger partial charge is 0.301 e. The third-order valence-corrected chi connectivity index (χ3v) is 6.01. The number of rotatable bonds is 4. The molecule has 8 heteroatoms. The first-order valence-corrected chi connectivity index (χ1v) is 11.1. The highest BCUT2D eigenvalue weighted by Crippen LogP contribution is 2.45. The zero-order chi connectivity index (χ0) is 23.9. The van der Waals surface area contributed by atoms with Gasteiger partial charge in [0.15, 0.2) is 5.82 Å². The summed E-state index contributed by atoms with van der Waals surface area (Å²) < 4.78 is 11.8. The molecule has 2 aromatic carbocycles. The number of ketones is 1. The van der Waals surface area contributed by atoms with Crippen LogP contribution in [0.25, 0.3) is 5.76 Å². The molecule has 1 fully saturated rings. The van der Waals surface area contributed by atoms with Crippen molar-refractivity contribution in [3.63, 3.8) is 0 Å². The van der Waals surface area contributed by atoms with E-state index >= 15 is 0 Å². The standard InChI is InChI=1S/C25H23BrN2O5/c1-25(2,3)18-13-19(27-33-18)28-21(16-7-5-6-8-17(16)32-4)20(23(30)24(28)31)22(29)14-9-11-15(26)12-10-14/h5-13,21,29H,1-4H3/b22-20+. The van der Waals surface area contributed by atoms with E-state index in [0.717, 1.165) is 4.47 Å². The molecular weight excluding hydrogens is 488 g/mol. The highest BCUT2D eigenvalue weighted by atomic mass is 79.9. The number of hydrogen-bond acceptors (Lipinski definition) is 6. The summed E-state index contributed by atoms with van der Waals surface area (Å²) >= 11 is 3.36. The van der Waals surface area contributed by atoms with Crippen molar-refractivity contribution < 1.29 is 24.0 Å². The van der Waals surface area contributed by atoms with Gasteiger partial charge in [-0.25, -0.2) is 0 Å². The molecule has 1 aromatic heterocycles. The Bertz CT molecular complexity index is 1250. The van der Waals surface area contributed by atoms with Gasteiger partial charge in [-0.05, 0) is 18.2 Å². The zero-order valence-electron chi connectivity index (χ0n) is 18.6. The quantitative estimate of drug-likeness (QED) is 0.288. The van der Waals surface area contributed by atoms with Gasteiger partial charge in [0.05, 0.1) is 12.7 Å². The minimum Gasteiger partial charge on any atom is -0.507 e. The van der Waals surface area contributed by atoms with Crippen LogP contribution in [0.5, 0.6) is 5.75 Å². The topological polar surface area (TPSA) is 92.9 Å². The predicted molar refractivity (Wildman–Crippen MR) is 127 cm³/mol. The van der Waals surface area contributed by atoms with E-state index < -0.39 is 17.7 Å². The van der Waals surface area contributed by atoms with E-state index in [9.17, 15) is 14.7 Å². The first-order valence-electron chi connectivity index (χ1n) is 10.3. The molecule has 0 radical (unpaired) electrons. The monoisotopic (exact) mass is 510 g/mol. The molecule has 7 nitrogen and oxygen atoms in total. The molecule has 2 heterocycles. The number of ether oxygens (including phenoxy) is 1. The van der Waals surface area contributed by atoms with E-state index in [1.165, 1.54) is 12.0 Å². The van der Waals surface area contributed by atoms with Crippen molar-refractivity contribution in [1.29, 1.82) is 0 Å². The Kier molecular flexibility index (Phi) is 5.88. The fourth-order valence-electron chi connectivity index (χ4n) is 3.75. The summed E-state index contributed by atoms with van der Waals surface area (Å²) in [5, 5.41) is 15.3. The number of methoxy groups -OCH3 is 1. The summed E-state index contributed by atoms with van der Waals surface area (Å²) in [4.78, 5) is 27.7. The van der Waals surface area contributed by atoms with Crippen molar-refractivity contribution in [2.24, 2.45) is 0 Å². The van der Waals surface area contributed by atoms with E-state index in [2.05, 4.69) is 21.1 Å². The van der Waals surface area contributed by atoms with Crippen LogP contribution in [0.4, 0.5) is 5.82 Å². The van der Waals surface area contributed by atoms with Crippen LogP contribution in [0.1, 0.15) is 43.7 Å². The van der Waals surface area contributed by atoms with Crippen LogP contribution in [0.3, 0.4) is 0 Å². The van der Waals surface area contributed by atoms with Crippen molar-refractivity contribution in [1.82, 2.24) is 5.16 Å². The molecule has 1 aliphatic heterocycles. The van der Waals surface area contributed by atoms with Gasteiger partial charge in [0.2, 0.25) is 0 Å². The highest BCUT2D eigenvalue weighted by molar-refractivity contribution is 9.10. The number of Topliss-reactive ketones (excluding diaryl/α,β-unsaturated/α-hetero) is 1. The Morgan fingerprint density at radius 1 is 1.12 bits per heavy atom. The Morgan fingerprint density at radius 3 is 2.39 bits per heavy atom. The van der Waals surface area contributed by atoms with Gasteiger partial charge in [-0.1, -0.05) is 72.2 Å². The number of anilines is 1. The number of nitrogens with zero attached hydrogens (tertiary/aromatic N) is 2. The fraction of sp³-hybridized carbons (Fsp3) is 0.240. The maximum Gasteiger partial charge on any atom is 0.301 e. The van der Waals surface area contributed by atoms with Crippen molar-refractivity contribution in [3.05, 3.63) is 81.5 Å². The molecular formula is C25H23BrN2O5. The van der Waals surface area contributed by atoms with E-state index in [1.807, 2.05) is 20.8 Å². The summed E-state index contributed by atoms with van der Waals surface area (Å²) in [7, 11) is 1.51. The van der Waals surface area contributed by atoms with Crippen LogP contribution in [0.15, 0.2) is 69.2 Å². The number of halogens is 1. The molecule has 1 atom stereocenters. The molecule has 1 amide bonds. The molecule has 170 valence electrons. The highest BCUT2D eigenvalue weighted by Gasteiger charge is 2.49. The summed E-state index contributed by atoms with van der Waals surface area (Å²) in [5.41, 5.74) is 0.549. The van der Waals surface area contributed by atoms with Gasteiger partial charge in [-0.15, -0.1) is 0 Å². The van der Waals surface area contributed by atoms with Crippen molar-refractivity contribution in [2.75, 3.05) is 12.0 Å². The average molecular weight is 511 g/mol. The first-order chi connectivity index (χ1) is 15.6. The minimum absolute atomic E-state index is 0.0490. The predicted octanol–water partition coefficient (Wildman–Crippen LogP) is 5.37. The van der Waals surface area contributed by atoms with E-state index in [0.29, 0.717) is 22.6 Å². The summed E-state index contributed by atoms with van der Waals surface area (Å²) in [6, 6.07) is 14.6. The van der Waals surface area contributed by atoms with Crippen LogP contribution in [0.2, 0.25) is 0 Å². The lowest BCUT2D eigenvalue weighted by molar-refractivity contribution is -0.132. The van der Waals surface area contributed by atoms with Crippen LogP contribution < -0.4 is 9.64 Å². The molecule has 0 saturated carbocycles. The van der Waals surface area contributed by atoms with Crippen molar-refractivity contribution in [2.45, 2.75) is 32.2 Å². The van der Waals surface area contributed by atoms with Crippen molar-refractivity contribution in [3.8, 4) is 5.75 Å². The molecule has 4 rings (SSSR count). The summed E-state index contributed by atoms with van der Waals surface area (Å²) in [6.07, 6.45) is 0. The molecule has 1 unspecified atom stereocenters. The number of para-hydroxylation sites is 1. The van der Waals surface area contributed by atoms with Crippen molar-refractivity contribution >= 4 is 39.2 Å². The Balaban J connectivity index is 1.96. The van der Waals surface area contributed by atoms with Crippen LogP contribution >= 0.6 is 15.9 Å². The second-order valence-electron chi connectivity index (χ2n) is 8.72. The molecule has 1 saturated heterocycles. The lowest BCUT2D eigenvalue weighted by atomic mass is 9.93. The third kappa shape index (κ3) is 4.06. The van der Waals surface area contributed by atoms with Gasteiger partial charge < -0.3 is 14.4 Å². The molecule has 0 bridgehead atoms. The maximum atomic E-state index is 13.2. The lowest BCUT2D eigenvalue weighted by Crippen LogP contribution is -2.30. The van der Waals surface area contributed by atoms with E-state index in [-0.39, 0.29) is 22.6 Å². The average Bonchev–Trinajstić information content (AvgIpc) is 3.37. The Morgan fingerprint density at radius 2 is 1.79 bits per heavy atom. The van der Waals surface area contributed by atoms with Gasteiger partial charge in [0.1, 0.15) is 23.3 Å². The molecule has 0 spiro atoms. The Labute approximate surface area is 199 Å². The second-order valence-corrected chi connectivity index (χ2v) is 9.63. The zero-order valence-corrected chi connectivity index (χ0v) is 20.2. The van der Waals surface area contributed by atoms with Gasteiger partial charge in [-0.2, -0.15) is 0 Å². The fourth-order valence-corrected chi connectivity index (χ4v) is 4.02. The van der Waals surface area contributed by atoms with Crippen LogP contribution in [0, 0.1) is 0 Å². The number of carbonyl (C=O) groups is 2. The van der Waals surface area contributed by atoms with Gasteiger partial charge >= 0.3 is 5.91 Å². The first kappa shape index (κ1) is 22.8. The van der Waals surface area contributed by atoms with Gasteiger partial charge in [0, 0.05) is 27.1 Å². The normalized spacial score (nSPS) is 18.1. The molecule has 1 aliphatic rings. The molecule has 33 heavy (non-hydrogen) atoms. The number of aromatic nitrogens is 1. The number of aliphatic hydroxyl groups excluding tert-OH is 1. The van der Waals surface area contributed by atoms with Crippen LogP contribution in [-0.2, 0) is 15.0 Å². The van der Waals surface area contributed by atoms with Gasteiger partial charge in [-0.3, -0.25) is 14.5 Å². The molecule has 1 N–H and O–H groups in total. The summed E-state index contributed by atoms with van der Waals surface area (Å²) in [5.74, 6) is -0.682. The largest absolute Gasteiger partial charge is 0.507 e. The number of amides is 1. The van der Waals surface area contributed by atoms with E-state index in [4.69, 9.17) is 9.26 Å². The lowest BCUT2D eigenvalue weighted by Gasteiger charge is -2.24.